The van der Waals surface area contributed by atoms with E-state index in [-0.39, 0.29) is 0 Å². The van der Waals surface area contributed by atoms with Gasteiger partial charge in [0.25, 0.3) is 0 Å². The molecule has 1 aliphatic rings. The summed E-state index contributed by atoms with van der Waals surface area (Å²) in [6, 6.07) is 8.28. The molecule has 2 nitrogen and oxygen atoms in total. The monoisotopic (exact) mass is 341 g/mol. The highest BCUT2D eigenvalue weighted by Crippen LogP contribution is 2.18. The predicted octanol–water partition coefficient (Wildman–Crippen LogP) is 4.08. The van der Waals surface area contributed by atoms with Crippen molar-refractivity contribution in [1.29, 1.82) is 0 Å². The van der Waals surface area contributed by atoms with Crippen LogP contribution in [0, 0.1) is 0 Å². The van der Waals surface area contributed by atoms with Crippen molar-refractivity contribution in [3.63, 3.8) is 0 Å². The number of benzene rings is 1. The smallest absolute Gasteiger partial charge is 0.232 e. The molecule has 0 spiro atoms. The van der Waals surface area contributed by atoms with Crippen molar-refractivity contribution in [3.05, 3.63) is 34.3 Å². The molecule has 0 radical (unpaired) electrons. The normalized spacial score (nSPS) is 16.2. The number of carbonyl (C=O) groups is 1. The lowest BCUT2D eigenvalue weighted by Crippen LogP contribution is -2.33. The topological polar surface area (TPSA) is 20.3 Å². The van der Waals surface area contributed by atoms with E-state index in [0.29, 0.717) is 11.7 Å². The van der Waals surface area contributed by atoms with Crippen molar-refractivity contribution in [1.82, 2.24) is 4.90 Å². The summed E-state index contributed by atoms with van der Waals surface area (Å²) in [7, 11) is 0. The van der Waals surface area contributed by atoms with E-state index in [4.69, 9.17) is 0 Å². The zero-order valence-corrected chi connectivity index (χ0v) is 13.5. The third-order valence-corrected chi connectivity index (χ3v) is 4.82. The van der Waals surface area contributed by atoms with Gasteiger partial charge in [0.1, 0.15) is 0 Å². The first-order chi connectivity index (χ1) is 9.25. The largest absolute Gasteiger partial charge is 0.342 e. The minimum atomic E-state index is 0.307. The number of nitrogens with zero attached hydrogens (tertiary/aromatic N) is 1. The number of likely N-dealkylation sites (tertiary alicyclic amines) is 1. The van der Waals surface area contributed by atoms with Gasteiger partial charge in [-0.1, -0.05) is 40.9 Å². The number of rotatable bonds is 4. The van der Waals surface area contributed by atoms with Gasteiger partial charge in [-0.2, -0.15) is 0 Å². The van der Waals surface area contributed by atoms with Crippen LogP contribution in [0.2, 0.25) is 0 Å². The highest BCUT2D eigenvalue weighted by Gasteiger charge is 2.14. The van der Waals surface area contributed by atoms with E-state index >= 15 is 0 Å². The molecule has 104 valence electrons. The van der Waals surface area contributed by atoms with Crippen molar-refractivity contribution in [2.45, 2.75) is 31.4 Å². The predicted molar refractivity (Wildman–Crippen MR) is 85.4 cm³/mol. The van der Waals surface area contributed by atoms with Crippen LogP contribution < -0.4 is 0 Å². The maximum atomic E-state index is 12.1. The first-order valence-corrected chi connectivity index (χ1v) is 8.80. The molecule has 0 saturated carbocycles. The summed E-state index contributed by atoms with van der Waals surface area (Å²) in [6.07, 6.45) is 4.88. The summed E-state index contributed by atoms with van der Waals surface area (Å²) in [5.74, 6) is 1.81. The van der Waals surface area contributed by atoms with Crippen LogP contribution in [-0.4, -0.2) is 29.6 Å². The summed E-state index contributed by atoms with van der Waals surface area (Å²) < 4.78 is 1.10. The zero-order chi connectivity index (χ0) is 13.5. The number of halogens is 1. The van der Waals surface area contributed by atoms with E-state index in [1.54, 1.807) is 11.8 Å². The minimum Gasteiger partial charge on any atom is -0.342 e. The molecule has 19 heavy (non-hydrogen) atoms. The maximum absolute atomic E-state index is 12.1. The Balaban J connectivity index is 1.74. The first-order valence-electron chi connectivity index (χ1n) is 6.85. The Morgan fingerprint density at radius 1 is 1.21 bits per heavy atom. The average Bonchev–Trinajstić information content (AvgIpc) is 2.67. The Bertz CT molecular complexity index is 416. The summed E-state index contributed by atoms with van der Waals surface area (Å²) >= 11 is 5.18. The van der Waals surface area contributed by atoms with Gasteiger partial charge in [0.15, 0.2) is 0 Å². The highest BCUT2D eigenvalue weighted by molar-refractivity contribution is 9.10. The second kappa shape index (κ2) is 7.95. The fraction of sp³-hybridized carbons (Fsp3) is 0.533. The molecule has 1 aromatic rings. The van der Waals surface area contributed by atoms with Gasteiger partial charge in [-0.3, -0.25) is 4.79 Å². The second-order valence-electron chi connectivity index (χ2n) is 4.92. The van der Waals surface area contributed by atoms with E-state index in [2.05, 4.69) is 28.1 Å². The summed E-state index contributed by atoms with van der Waals surface area (Å²) in [6.45, 7) is 1.91. The van der Waals surface area contributed by atoms with Gasteiger partial charge in [-0.15, -0.1) is 11.8 Å². The van der Waals surface area contributed by atoms with Crippen LogP contribution in [0.1, 0.15) is 31.2 Å². The molecule has 0 bridgehead atoms. The number of hydrogen-bond donors (Lipinski definition) is 0. The van der Waals surface area contributed by atoms with Crippen molar-refractivity contribution in [2.24, 2.45) is 0 Å². The van der Waals surface area contributed by atoms with Gasteiger partial charge < -0.3 is 4.90 Å². The highest BCUT2D eigenvalue weighted by atomic mass is 79.9. The standard InChI is InChI=1S/C15H20BrNOS/c16-14-7-5-6-13(10-14)11-19-12-15(18)17-8-3-1-2-4-9-17/h5-7,10H,1-4,8-9,11-12H2. The van der Waals surface area contributed by atoms with Crippen LogP contribution >= 0.6 is 27.7 Å². The Morgan fingerprint density at radius 2 is 1.95 bits per heavy atom. The number of hydrogen-bond acceptors (Lipinski definition) is 2. The van der Waals surface area contributed by atoms with Crippen LogP contribution in [0.25, 0.3) is 0 Å². The molecular weight excluding hydrogens is 322 g/mol. The summed E-state index contributed by atoms with van der Waals surface area (Å²) in [5.41, 5.74) is 1.27. The third kappa shape index (κ3) is 5.19. The van der Waals surface area contributed by atoms with Crippen molar-refractivity contribution < 1.29 is 4.79 Å². The maximum Gasteiger partial charge on any atom is 0.232 e. The van der Waals surface area contributed by atoms with Gasteiger partial charge >= 0.3 is 0 Å². The van der Waals surface area contributed by atoms with Crippen LogP contribution in [-0.2, 0) is 10.5 Å². The Kier molecular flexibility index (Phi) is 6.24. The van der Waals surface area contributed by atoms with Gasteiger partial charge in [0, 0.05) is 23.3 Å². The number of thioether (sulfide) groups is 1. The first kappa shape index (κ1) is 14.9. The Labute approximate surface area is 128 Å². The molecular formula is C15H20BrNOS. The molecule has 1 aliphatic heterocycles. The van der Waals surface area contributed by atoms with E-state index in [1.807, 2.05) is 17.0 Å². The number of amides is 1. The molecule has 1 aromatic carbocycles. The van der Waals surface area contributed by atoms with E-state index < -0.39 is 0 Å². The van der Waals surface area contributed by atoms with Crippen molar-refractivity contribution in [2.75, 3.05) is 18.8 Å². The second-order valence-corrected chi connectivity index (χ2v) is 6.82. The third-order valence-electron chi connectivity index (χ3n) is 3.34. The molecule has 0 unspecified atom stereocenters. The average molecular weight is 342 g/mol. The quantitative estimate of drug-likeness (QED) is 0.822. The van der Waals surface area contributed by atoms with E-state index in [1.165, 1.54) is 31.2 Å². The molecule has 0 aromatic heterocycles. The molecule has 1 amide bonds. The van der Waals surface area contributed by atoms with Gasteiger partial charge in [-0.05, 0) is 30.5 Å². The van der Waals surface area contributed by atoms with Crippen LogP contribution in [0.3, 0.4) is 0 Å². The summed E-state index contributed by atoms with van der Waals surface area (Å²) in [4.78, 5) is 14.1. The molecule has 0 aliphatic carbocycles. The summed E-state index contributed by atoms with van der Waals surface area (Å²) in [5, 5.41) is 0. The van der Waals surface area contributed by atoms with E-state index in [0.717, 1.165) is 23.3 Å². The van der Waals surface area contributed by atoms with E-state index in [9.17, 15) is 4.79 Å². The van der Waals surface area contributed by atoms with Gasteiger partial charge in [0.2, 0.25) is 5.91 Å². The van der Waals surface area contributed by atoms with Crippen molar-refractivity contribution in [3.8, 4) is 0 Å². The molecule has 1 saturated heterocycles. The van der Waals surface area contributed by atoms with Gasteiger partial charge in [0.05, 0.1) is 5.75 Å². The molecule has 2 rings (SSSR count). The lowest BCUT2D eigenvalue weighted by Gasteiger charge is -2.19. The molecule has 0 N–H and O–H groups in total. The lowest BCUT2D eigenvalue weighted by atomic mass is 10.2. The van der Waals surface area contributed by atoms with Gasteiger partial charge in [-0.25, -0.2) is 0 Å². The van der Waals surface area contributed by atoms with Crippen molar-refractivity contribution >= 4 is 33.6 Å². The fourth-order valence-electron chi connectivity index (χ4n) is 2.29. The number of carbonyl (C=O) groups excluding carboxylic acids is 1. The Morgan fingerprint density at radius 3 is 2.63 bits per heavy atom. The van der Waals surface area contributed by atoms with Crippen LogP contribution in [0.5, 0.6) is 0 Å². The Hall–Kier alpha value is -0.480. The SMILES string of the molecule is O=C(CSCc1cccc(Br)c1)N1CCCCCC1. The molecule has 0 atom stereocenters. The minimum absolute atomic E-state index is 0.307. The molecule has 1 fully saturated rings. The van der Waals surface area contributed by atoms with Crippen LogP contribution in [0.15, 0.2) is 28.7 Å². The fourth-order valence-corrected chi connectivity index (χ4v) is 3.62. The molecule has 4 heteroatoms. The molecule has 1 heterocycles. The van der Waals surface area contributed by atoms with Crippen LogP contribution in [0.4, 0.5) is 0 Å². The zero-order valence-electron chi connectivity index (χ0n) is 11.1. The lowest BCUT2D eigenvalue weighted by molar-refractivity contribution is -0.128.